The molecule has 2 aliphatic rings. The molecule has 1 fully saturated rings. The minimum atomic E-state index is -0.707. The monoisotopic (exact) mass is 289 g/mol. The van der Waals surface area contributed by atoms with Gasteiger partial charge in [0, 0.05) is 12.0 Å². The van der Waals surface area contributed by atoms with Crippen molar-refractivity contribution in [2.75, 3.05) is 13.2 Å². The SMILES string of the molecule is CC1CCC(O)(C2(CN)COc3ccccc3C2)CC1C. The molecule has 0 radical (unpaired) electrons. The Hall–Kier alpha value is -1.06. The van der Waals surface area contributed by atoms with Crippen molar-refractivity contribution in [2.45, 2.75) is 45.1 Å². The van der Waals surface area contributed by atoms with Crippen LogP contribution in [0.1, 0.15) is 38.7 Å². The van der Waals surface area contributed by atoms with Gasteiger partial charge in [-0.05, 0) is 49.1 Å². The van der Waals surface area contributed by atoms with Crippen molar-refractivity contribution < 1.29 is 9.84 Å². The van der Waals surface area contributed by atoms with E-state index < -0.39 is 5.60 Å². The van der Waals surface area contributed by atoms with Crippen LogP contribution in [0.3, 0.4) is 0 Å². The van der Waals surface area contributed by atoms with Crippen molar-refractivity contribution in [3.63, 3.8) is 0 Å². The number of aliphatic hydroxyl groups is 1. The number of ether oxygens (including phenoxy) is 1. The molecule has 4 atom stereocenters. The van der Waals surface area contributed by atoms with Crippen LogP contribution in [0.4, 0.5) is 0 Å². The summed E-state index contributed by atoms with van der Waals surface area (Å²) in [6, 6.07) is 8.13. The van der Waals surface area contributed by atoms with Crippen LogP contribution in [-0.2, 0) is 6.42 Å². The molecule has 0 bridgehead atoms. The highest BCUT2D eigenvalue weighted by atomic mass is 16.5. The summed E-state index contributed by atoms with van der Waals surface area (Å²) >= 11 is 0. The van der Waals surface area contributed by atoms with Crippen LogP contribution >= 0.6 is 0 Å². The van der Waals surface area contributed by atoms with Crippen LogP contribution in [0.15, 0.2) is 24.3 Å². The molecule has 4 unspecified atom stereocenters. The predicted octanol–water partition coefficient (Wildman–Crippen LogP) is 2.75. The molecule has 1 aliphatic heterocycles. The van der Waals surface area contributed by atoms with Gasteiger partial charge in [-0.1, -0.05) is 32.0 Å². The Morgan fingerprint density at radius 1 is 1.29 bits per heavy atom. The quantitative estimate of drug-likeness (QED) is 0.880. The molecule has 116 valence electrons. The number of rotatable bonds is 2. The van der Waals surface area contributed by atoms with E-state index in [0.717, 1.165) is 31.4 Å². The molecule has 1 heterocycles. The molecule has 3 rings (SSSR count). The number of benzene rings is 1. The second-order valence-electron chi connectivity index (χ2n) is 7.29. The number of hydrogen-bond acceptors (Lipinski definition) is 3. The molecule has 1 aliphatic carbocycles. The van der Waals surface area contributed by atoms with Gasteiger partial charge in [-0.15, -0.1) is 0 Å². The van der Waals surface area contributed by atoms with E-state index >= 15 is 0 Å². The van der Waals surface area contributed by atoms with E-state index in [1.54, 1.807) is 0 Å². The first-order chi connectivity index (χ1) is 10.00. The molecule has 0 aromatic heterocycles. The van der Waals surface area contributed by atoms with Crippen LogP contribution in [-0.4, -0.2) is 23.9 Å². The second-order valence-corrected chi connectivity index (χ2v) is 7.29. The molecular weight excluding hydrogens is 262 g/mol. The lowest BCUT2D eigenvalue weighted by atomic mass is 9.58. The Balaban J connectivity index is 1.91. The molecule has 1 aromatic carbocycles. The summed E-state index contributed by atoms with van der Waals surface area (Å²) in [4.78, 5) is 0. The summed E-state index contributed by atoms with van der Waals surface area (Å²) < 4.78 is 5.97. The average Bonchev–Trinajstić information content (AvgIpc) is 2.50. The molecule has 3 N–H and O–H groups in total. The van der Waals surface area contributed by atoms with Gasteiger partial charge in [-0.2, -0.15) is 0 Å². The van der Waals surface area contributed by atoms with Crippen molar-refractivity contribution >= 4 is 0 Å². The topological polar surface area (TPSA) is 55.5 Å². The van der Waals surface area contributed by atoms with Gasteiger partial charge in [-0.3, -0.25) is 0 Å². The third-order valence-corrected chi connectivity index (χ3v) is 6.03. The molecule has 1 saturated carbocycles. The van der Waals surface area contributed by atoms with Crippen molar-refractivity contribution in [1.82, 2.24) is 0 Å². The van der Waals surface area contributed by atoms with Gasteiger partial charge in [-0.25, -0.2) is 0 Å². The van der Waals surface area contributed by atoms with E-state index in [1.807, 2.05) is 18.2 Å². The maximum absolute atomic E-state index is 11.4. The summed E-state index contributed by atoms with van der Waals surface area (Å²) in [6.07, 6.45) is 3.55. The Morgan fingerprint density at radius 2 is 2.05 bits per heavy atom. The van der Waals surface area contributed by atoms with Gasteiger partial charge in [0.15, 0.2) is 0 Å². The summed E-state index contributed by atoms with van der Waals surface area (Å²) in [7, 11) is 0. The Bertz CT molecular complexity index is 518. The molecule has 3 heteroatoms. The number of nitrogens with two attached hydrogens (primary N) is 1. The van der Waals surface area contributed by atoms with Crippen molar-refractivity contribution in [3.8, 4) is 5.75 Å². The molecule has 0 amide bonds. The van der Waals surface area contributed by atoms with E-state index in [-0.39, 0.29) is 5.41 Å². The normalized spacial score (nSPS) is 39.4. The van der Waals surface area contributed by atoms with Crippen LogP contribution in [0.25, 0.3) is 0 Å². The fourth-order valence-electron chi connectivity index (χ4n) is 4.11. The van der Waals surface area contributed by atoms with Crippen molar-refractivity contribution in [2.24, 2.45) is 23.0 Å². The Morgan fingerprint density at radius 3 is 2.76 bits per heavy atom. The maximum atomic E-state index is 11.4. The standard InChI is InChI=1S/C18H27NO2/c1-13-7-8-18(20,9-14(13)2)17(11-19)10-15-5-3-4-6-16(15)21-12-17/h3-6,13-14,20H,7-12,19H2,1-2H3. The van der Waals surface area contributed by atoms with Gasteiger partial charge in [0.05, 0.1) is 12.2 Å². The average molecular weight is 289 g/mol. The van der Waals surface area contributed by atoms with E-state index in [2.05, 4.69) is 19.9 Å². The largest absolute Gasteiger partial charge is 0.493 e. The van der Waals surface area contributed by atoms with Crippen molar-refractivity contribution in [3.05, 3.63) is 29.8 Å². The van der Waals surface area contributed by atoms with E-state index in [1.165, 1.54) is 5.56 Å². The first kappa shape index (κ1) is 14.9. The van der Waals surface area contributed by atoms with E-state index in [4.69, 9.17) is 10.5 Å². The lowest BCUT2D eigenvalue weighted by Gasteiger charge is -2.53. The Kier molecular flexibility index (Phi) is 3.74. The fourth-order valence-corrected chi connectivity index (χ4v) is 4.11. The van der Waals surface area contributed by atoms with Crippen molar-refractivity contribution in [1.29, 1.82) is 0 Å². The zero-order valence-corrected chi connectivity index (χ0v) is 13.1. The van der Waals surface area contributed by atoms with Crippen LogP contribution < -0.4 is 10.5 Å². The highest BCUT2D eigenvalue weighted by molar-refractivity contribution is 5.37. The number of fused-ring (bicyclic) bond motifs is 1. The molecule has 3 nitrogen and oxygen atoms in total. The third kappa shape index (κ3) is 2.36. The van der Waals surface area contributed by atoms with E-state index in [0.29, 0.717) is 25.0 Å². The minimum absolute atomic E-state index is 0.351. The highest BCUT2D eigenvalue weighted by Crippen LogP contribution is 2.50. The summed E-state index contributed by atoms with van der Waals surface area (Å²) in [5.74, 6) is 2.16. The lowest BCUT2D eigenvalue weighted by molar-refractivity contribution is -0.143. The first-order valence-electron chi connectivity index (χ1n) is 8.13. The molecule has 21 heavy (non-hydrogen) atoms. The van der Waals surface area contributed by atoms with Gasteiger partial charge in [0.1, 0.15) is 5.75 Å². The molecule has 0 saturated heterocycles. The fraction of sp³-hybridized carbons (Fsp3) is 0.667. The van der Waals surface area contributed by atoms with Gasteiger partial charge in [0.25, 0.3) is 0 Å². The van der Waals surface area contributed by atoms with Crippen LogP contribution in [0.2, 0.25) is 0 Å². The summed E-state index contributed by atoms with van der Waals surface area (Å²) in [5, 5.41) is 11.4. The summed E-state index contributed by atoms with van der Waals surface area (Å²) in [6.45, 7) is 5.53. The minimum Gasteiger partial charge on any atom is -0.493 e. The lowest BCUT2D eigenvalue weighted by Crippen LogP contribution is -2.60. The third-order valence-electron chi connectivity index (χ3n) is 6.03. The highest BCUT2D eigenvalue weighted by Gasteiger charge is 2.54. The van der Waals surface area contributed by atoms with Crippen LogP contribution in [0.5, 0.6) is 5.75 Å². The van der Waals surface area contributed by atoms with Gasteiger partial charge >= 0.3 is 0 Å². The van der Waals surface area contributed by atoms with E-state index in [9.17, 15) is 5.11 Å². The zero-order valence-electron chi connectivity index (χ0n) is 13.1. The molecule has 0 spiro atoms. The Labute approximate surface area is 127 Å². The zero-order chi connectivity index (χ0) is 15.1. The first-order valence-corrected chi connectivity index (χ1v) is 8.13. The van der Waals surface area contributed by atoms with Gasteiger partial charge in [0.2, 0.25) is 0 Å². The molecular formula is C18H27NO2. The smallest absolute Gasteiger partial charge is 0.122 e. The predicted molar refractivity (Wildman–Crippen MR) is 84.3 cm³/mol. The van der Waals surface area contributed by atoms with Gasteiger partial charge < -0.3 is 15.6 Å². The molecule has 1 aromatic rings. The van der Waals surface area contributed by atoms with Crippen LogP contribution in [0, 0.1) is 17.3 Å². The number of para-hydroxylation sites is 1. The second kappa shape index (κ2) is 5.29. The summed E-state index contributed by atoms with van der Waals surface area (Å²) in [5.41, 5.74) is 6.27. The number of hydrogen-bond donors (Lipinski definition) is 2. The maximum Gasteiger partial charge on any atom is 0.122 e.